The van der Waals surface area contributed by atoms with E-state index in [9.17, 15) is 18.0 Å². The predicted octanol–water partition coefficient (Wildman–Crippen LogP) is 3.04. The lowest BCUT2D eigenvalue weighted by Gasteiger charge is -2.40. The molecule has 2 aliphatic rings. The van der Waals surface area contributed by atoms with Crippen molar-refractivity contribution in [3.63, 3.8) is 0 Å². The Morgan fingerprint density at radius 2 is 2.09 bits per heavy atom. The number of nitrogens with one attached hydrogen (secondary N) is 2. The predicted molar refractivity (Wildman–Crippen MR) is 81.4 cm³/mol. The Bertz CT molecular complexity index is 713. The number of rotatable bonds is 2. The SMILES string of the molecule is C=Cc1ccc2c(c1)NC(C=O)N[C@]2(C#CC1CC1)C(F)(F)F. The number of anilines is 1. The van der Waals surface area contributed by atoms with Gasteiger partial charge in [0.1, 0.15) is 6.17 Å². The summed E-state index contributed by atoms with van der Waals surface area (Å²) in [6.45, 7) is 3.61. The topological polar surface area (TPSA) is 41.1 Å². The third kappa shape index (κ3) is 2.73. The second kappa shape index (κ2) is 5.43. The number of benzene rings is 1. The molecule has 1 aliphatic heterocycles. The van der Waals surface area contributed by atoms with Gasteiger partial charge in [0.2, 0.25) is 5.54 Å². The molecule has 1 aliphatic carbocycles. The van der Waals surface area contributed by atoms with Crippen molar-refractivity contribution in [3.05, 3.63) is 35.9 Å². The van der Waals surface area contributed by atoms with Gasteiger partial charge < -0.3 is 5.32 Å². The third-order valence-electron chi connectivity index (χ3n) is 3.97. The molecule has 0 aromatic heterocycles. The number of halogens is 3. The Labute approximate surface area is 132 Å². The molecule has 3 rings (SSSR count). The smallest absolute Gasteiger partial charge is 0.363 e. The number of alkyl halides is 3. The average molecular weight is 320 g/mol. The van der Waals surface area contributed by atoms with Crippen molar-refractivity contribution in [1.82, 2.24) is 5.32 Å². The van der Waals surface area contributed by atoms with Gasteiger partial charge in [0.25, 0.3) is 0 Å². The number of fused-ring (bicyclic) bond motifs is 1. The van der Waals surface area contributed by atoms with Crippen LogP contribution in [-0.2, 0) is 10.3 Å². The van der Waals surface area contributed by atoms with Gasteiger partial charge in [-0.1, -0.05) is 36.6 Å². The van der Waals surface area contributed by atoms with Gasteiger partial charge in [-0.2, -0.15) is 13.2 Å². The first kappa shape index (κ1) is 15.6. The van der Waals surface area contributed by atoms with E-state index in [2.05, 4.69) is 29.1 Å². The van der Waals surface area contributed by atoms with E-state index in [0.717, 1.165) is 12.8 Å². The molecule has 1 aromatic carbocycles. The minimum Gasteiger partial charge on any atom is -0.363 e. The molecule has 6 heteroatoms. The molecule has 23 heavy (non-hydrogen) atoms. The largest absolute Gasteiger partial charge is 0.422 e. The van der Waals surface area contributed by atoms with Gasteiger partial charge >= 0.3 is 6.18 Å². The van der Waals surface area contributed by atoms with Crippen molar-refractivity contribution in [2.45, 2.75) is 30.7 Å². The number of aldehydes is 1. The molecule has 0 amide bonds. The van der Waals surface area contributed by atoms with Crippen molar-refractivity contribution in [2.24, 2.45) is 5.92 Å². The van der Waals surface area contributed by atoms with Gasteiger partial charge in [0, 0.05) is 17.2 Å². The summed E-state index contributed by atoms with van der Waals surface area (Å²) in [6, 6.07) is 4.47. The van der Waals surface area contributed by atoms with E-state index in [1.165, 1.54) is 12.1 Å². The highest BCUT2D eigenvalue weighted by molar-refractivity contribution is 5.73. The van der Waals surface area contributed by atoms with E-state index in [1.54, 1.807) is 12.1 Å². The van der Waals surface area contributed by atoms with Crippen LogP contribution in [-0.4, -0.2) is 18.6 Å². The molecule has 0 spiro atoms. The zero-order chi connectivity index (χ0) is 16.7. The summed E-state index contributed by atoms with van der Waals surface area (Å²) in [5.74, 6) is 5.09. The Morgan fingerprint density at radius 3 is 2.65 bits per heavy atom. The Balaban J connectivity index is 2.20. The van der Waals surface area contributed by atoms with Crippen LogP contribution in [0.2, 0.25) is 0 Å². The van der Waals surface area contributed by atoms with Crippen molar-refractivity contribution < 1.29 is 18.0 Å². The van der Waals surface area contributed by atoms with Gasteiger partial charge in [-0.25, -0.2) is 0 Å². The summed E-state index contributed by atoms with van der Waals surface area (Å²) < 4.78 is 41.7. The molecule has 1 fully saturated rings. The quantitative estimate of drug-likeness (QED) is 0.650. The van der Waals surface area contributed by atoms with Crippen LogP contribution in [0.3, 0.4) is 0 Å². The van der Waals surface area contributed by atoms with Gasteiger partial charge in [-0.05, 0) is 24.5 Å². The molecule has 0 radical (unpaired) electrons. The van der Waals surface area contributed by atoms with Gasteiger partial charge in [-0.15, -0.1) is 0 Å². The van der Waals surface area contributed by atoms with Crippen LogP contribution in [0, 0.1) is 17.8 Å². The standard InChI is InChI=1S/C17H15F3N2O/c1-2-11-5-6-13-14(9-11)21-15(10-23)22-16(13,17(18,19)20)8-7-12-3-4-12/h2,5-6,9-10,12,15,21-22H,1,3-4H2/t15?,16-/m0/s1. The Morgan fingerprint density at radius 1 is 1.35 bits per heavy atom. The highest BCUT2D eigenvalue weighted by Gasteiger charge is 2.59. The van der Waals surface area contributed by atoms with Crippen molar-refractivity contribution in [1.29, 1.82) is 0 Å². The molecule has 2 N–H and O–H groups in total. The van der Waals surface area contributed by atoms with Gasteiger partial charge in [0.05, 0.1) is 0 Å². The van der Waals surface area contributed by atoms with E-state index in [0.29, 0.717) is 11.8 Å². The van der Waals surface area contributed by atoms with Crippen LogP contribution < -0.4 is 10.6 Å². The maximum Gasteiger partial charge on any atom is 0.422 e. The molecule has 1 unspecified atom stereocenters. The Kier molecular flexibility index (Phi) is 3.69. The molecule has 3 nitrogen and oxygen atoms in total. The molecule has 1 saturated carbocycles. The summed E-state index contributed by atoms with van der Waals surface area (Å²) in [6.07, 6.45) is -2.26. The highest BCUT2D eigenvalue weighted by atomic mass is 19.4. The molecule has 0 saturated heterocycles. The zero-order valence-corrected chi connectivity index (χ0v) is 12.2. The first-order valence-electron chi connectivity index (χ1n) is 7.25. The first-order chi connectivity index (χ1) is 10.9. The van der Waals surface area contributed by atoms with E-state index in [4.69, 9.17) is 0 Å². The summed E-state index contributed by atoms with van der Waals surface area (Å²) in [7, 11) is 0. The lowest BCUT2D eigenvalue weighted by molar-refractivity contribution is -0.184. The Hall–Kier alpha value is -2.26. The highest BCUT2D eigenvalue weighted by Crippen LogP contribution is 2.45. The fourth-order valence-electron chi connectivity index (χ4n) is 2.56. The van der Waals surface area contributed by atoms with Crippen molar-refractivity contribution in [3.8, 4) is 11.8 Å². The summed E-state index contributed by atoms with van der Waals surface area (Å²) in [4.78, 5) is 11.1. The van der Waals surface area contributed by atoms with Crippen molar-refractivity contribution >= 4 is 18.0 Å². The minimum absolute atomic E-state index is 0.0106. The van der Waals surface area contributed by atoms with E-state index in [-0.39, 0.29) is 17.2 Å². The van der Waals surface area contributed by atoms with Crippen molar-refractivity contribution in [2.75, 3.05) is 5.32 Å². The first-order valence-corrected chi connectivity index (χ1v) is 7.25. The van der Waals surface area contributed by atoms with Crippen LogP contribution in [0.4, 0.5) is 18.9 Å². The number of hydrogen-bond acceptors (Lipinski definition) is 3. The third-order valence-corrected chi connectivity index (χ3v) is 3.97. The molecule has 1 aromatic rings. The summed E-state index contributed by atoms with van der Waals surface area (Å²) in [5, 5.41) is 5.09. The molecule has 120 valence electrons. The number of carbonyl (C=O) groups excluding carboxylic acids is 1. The fourth-order valence-corrected chi connectivity index (χ4v) is 2.56. The fraction of sp³-hybridized carbons (Fsp3) is 0.353. The van der Waals surface area contributed by atoms with E-state index < -0.39 is 17.9 Å². The lowest BCUT2D eigenvalue weighted by Crippen LogP contribution is -2.62. The summed E-state index contributed by atoms with van der Waals surface area (Å²) >= 11 is 0. The maximum atomic E-state index is 13.9. The molecule has 0 bridgehead atoms. The monoisotopic (exact) mass is 320 g/mol. The van der Waals surface area contributed by atoms with Crippen LogP contribution in [0.15, 0.2) is 24.8 Å². The van der Waals surface area contributed by atoms with E-state index >= 15 is 0 Å². The lowest BCUT2D eigenvalue weighted by atomic mass is 9.85. The number of hydrogen-bond donors (Lipinski definition) is 2. The van der Waals surface area contributed by atoms with Crippen LogP contribution in [0.1, 0.15) is 24.0 Å². The average Bonchev–Trinajstić information content (AvgIpc) is 3.34. The molecule has 2 atom stereocenters. The molecule has 1 heterocycles. The van der Waals surface area contributed by atoms with Crippen LogP contribution in [0.25, 0.3) is 6.08 Å². The maximum absolute atomic E-state index is 13.9. The molecular formula is C17H15F3N2O. The van der Waals surface area contributed by atoms with Crippen LogP contribution in [0.5, 0.6) is 0 Å². The normalized spacial score (nSPS) is 26.3. The second-order valence-electron chi connectivity index (χ2n) is 5.70. The van der Waals surface area contributed by atoms with Gasteiger partial charge in [0.15, 0.2) is 6.29 Å². The number of carbonyl (C=O) groups is 1. The molecular weight excluding hydrogens is 305 g/mol. The van der Waals surface area contributed by atoms with Crippen LogP contribution >= 0.6 is 0 Å². The minimum atomic E-state index is -4.66. The summed E-state index contributed by atoms with van der Waals surface area (Å²) in [5.41, 5.74) is -1.68. The second-order valence-corrected chi connectivity index (χ2v) is 5.70. The van der Waals surface area contributed by atoms with Gasteiger partial charge in [-0.3, -0.25) is 10.1 Å². The van der Waals surface area contributed by atoms with E-state index in [1.807, 2.05) is 0 Å². The zero-order valence-electron chi connectivity index (χ0n) is 12.2.